The highest BCUT2D eigenvalue weighted by molar-refractivity contribution is 5.12. The van der Waals surface area contributed by atoms with Crippen molar-refractivity contribution in [2.75, 3.05) is 0 Å². The molecule has 2 nitrogen and oxygen atoms in total. The summed E-state index contributed by atoms with van der Waals surface area (Å²) in [4.78, 5) is 3.90. The van der Waals surface area contributed by atoms with Gasteiger partial charge in [0.2, 0.25) is 0 Å². The van der Waals surface area contributed by atoms with Crippen LogP contribution in [0.4, 0.5) is 4.39 Å². The van der Waals surface area contributed by atoms with Crippen molar-refractivity contribution in [3.05, 3.63) is 29.6 Å². The third-order valence-corrected chi connectivity index (χ3v) is 1.25. The van der Waals surface area contributed by atoms with Crippen LogP contribution in [-0.4, -0.2) is 4.98 Å². The molecule has 0 aliphatic rings. The van der Waals surface area contributed by atoms with E-state index in [1.165, 1.54) is 6.20 Å². The van der Waals surface area contributed by atoms with Gasteiger partial charge in [-0.3, -0.25) is 4.98 Å². The van der Waals surface area contributed by atoms with Gasteiger partial charge in [0.1, 0.15) is 6.67 Å². The Labute approximate surface area is 58.9 Å². The van der Waals surface area contributed by atoms with E-state index in [9.17, 15) is 4.39 Å². The molecule has 0 saturated heterocycles. The summed E-state index contributed by atoms with van der Waals surface area (Å²) in [6.07, 6.45) is 1.50. The average Bonchev–Trinajstić information content (AvgIpc) is 2.05. The highest BCUT2D eigenvalue weighted by Gasteiger charge is 1.91. The maximum Gasteiger partial charge on any atom is 0.116 e. The van der Waals surface area contributed by atoms with Gasteiger partial charge in [0.25, 0.3) is 0 Å². The number of nitrogens with zero attached hydrogens (tertiary/aromatic N) is 1. The molecule has 54 valence electrons. The van der Waals surface area contributed by atoms with E-state index in [4.69, 9.17) is 5.73 Å². The molecule has 0 aromatic carbocycles. The van der Waals surface area contributed by atoms with E-state index >= 15 is 0 Å². The summed E-state index contributed by atoms with van der Waals surface area (Å²) in [5.41, 5.74) is 6.67. The summed E-state index contributed by atoms with van der Waals surface area (Å²) < 4.78 is 11.9. The summed E-state index contributed by atoms with van der Waals surface area (Å²) in [5.74, 6) is 0. The van der Waals surface area contributed by atoms with Crippen molar-refractivity contribution >= 4 is 0 Å². The molecule has 0 atom stereocenters. The van der Waals surface area contributed by atoms with Crippen LogP contribution in [0.3, 0.4) is 0 Å². The molecule has 1 aromatic rings. The molecule has 1 rings (SSSR count). The molecule has 0 spiro atoms. The number of halogens is 1. The lowest BCUT2D eigenvalue weighted by atomic mass is 10.3. The highest BCUT2D eigenvalue weighted by atomic mass is 19.1. The first kappa shape index (κ1) is 7.15. The first-order valence-electron chi connectivity index (χ1n) is 3.06. The standard InChI is InChI=1S/C7H9FN2/c8-3-6-1-2-7(4-9)10-5-6/h1-2,5H,3-4,9H2. The van der Waals surface area contributed by atoms with Crippen molar-refractivity contribution in [2.24, 2.45) is 5.73 Å². The van der Waals surface area contributed by atoms with Gasteiger partial charge < -0.3 is 5.73 Å². The first-order valence-corrected chi connectivity index (χ1v) is 3.06. The molecule has 0 radical (unpaired) electrons. The van der Waals surface area contributed by atoms with E-state index in [0.717, 1.165) is 5.69 Å². The Kier molecular flexibility index (Phi) is 2.34. The molecule has 0 bridgehead atoms. The van der Waals surface area contributed by atoms with Gasteiger partial charge in [0.05, 0.1) is 5.69 Å². The second-order valence-corrected chi connectivity index (χ2v) is 2.00. The third-order valence-electron chi connectivity index (χ3n) is 1.25. The molecule has 0 saturated carbocycles. The van der Waals surface area contributed by atoms with Gasteiger partial charge in [-0.15, -0.1) is 0 Å². The molecule has 0 aliphatic heterocycles. The maximum absolute atomic E-state index is 11.9. The van der Waals surface area contributed by atoms with Crippen LogP contribution in [0.1, 0.15) is 11.3 Å². The summed E-state index contributed by atoms with van der Waals surface area (Å²) in [6, 6.07) is 3.42. The van der Waals surface area contributed by atoms with Crippen molar-refractivity contribution in [1.82, 2.24) is 4.98 Å². The number of alkyl halides is 1. The van der Waals surface area contributed by atoms with Crippen molar-refractivity contribution in [3.8, 4) is 0 Å². The van der Waals surface area contributed by atoms with Crippen molar-refractivity contribution in [3.63, 3.8) is 0 Å². The van der Waals surface area contributed by atoms with Crippen molar-refractivity contribution in [2.45, 2.75) is 13.2 Å². The van der Waals surface area contributed by atoms with Crippen LogP contribution in [-0.2, 0) is 13.2 Å². The fraction of sp³-hybridized carbons (Fsp3) is 0.286. The van der Waals surface area contributed by atoms with Crippen molar-refractivity contribution in [1.29, 1.82) is 0 Å². The Morgan fingerprint density at radius 1 is 1.50 bits per heavy atom. The van der Waals surface area contributed by atoms with E-state index in [2.05, 4.69) is 4.98 Å². The Morgan fingerprint density at radius 2 is 2.30 bits per heavy atom. The van der Waals surface area contributed by atoms with Crippen LogP contribution < -0.4 is 5.73 Å². The quantitative estimate of drug-likeness (QED) is 0.665. The molecule has 3 heteroatoms. The van der Waals surface area contributed by atoms with Gasteiger partial charge >= 0.3 is 0 Å². The summed E-state index contributed by atoms with van der Waals surface area (Å²) in [7, 11) is 0. The lowest BCUT2D eigenvalue weighted by Crippen LogP contribution is -1.98. The Morgan fingerprint density at radius 3 is 2.70 bits per heavy atom. The maximum atomic E-state index is 11.9. The van der Waals surface area contributed by atoms with Gasteiger partial charge in [0.15, 0.2) is 0 Å². The normalized spacial score (nSPS) is 9.80. The average molecular weight is 140 g/mol. The fourth-order valence-electron chi connectivity index (χ4n) is 0.655. The Bertz CT molecular complexity index is 172. The lowest BCUT2D eigenvalue weighted by molar-refractivity contribution is 0.484. The van der Waals surface area contributed by atoms with Gasteiger partial charge in [-0.2, -0.15) is 0 Å². The molecular weight excluding hydrogens is 131 g/mol. The van der Waals surface area contributed by atoms with Crippen LogP contribution in [0, 0.1) is 0 Å². The molecule has 0 fully saturated rings. The minimum Gasteiger partial charge on any atom is -0.325 e. The van der Waals surface area contributed by atoms with Crippen LogP contribution >= 0.6 is 0 Å². The van der Waals surface area contributed by atoms with Crippen LogP contribution in [0.25, 0.3) is 0 Å². The zero-order chi connectivity index (χ0) is 7.40. The second-order valence-electron chi connectivity index (χ2n) is 2.00. The zero-order valence-electron chi connectivity index (χ0n) is 5.55. The minimum absolute atomic E-state index is 0.409. The van der Waals surface area contributed by atoms with Crippen LogP contribution in [0.2, 0.25) is 0 Å². The zero-order valence-corrected chi connectivity index (χ0v) is 5.55. The predicted molar refractivity (Wildman–Crippen MR) is 36.9 cm³/mol. The van der Waals surface area contributed by atoms with E-state index in [1.807, 2.05) is 0 Å². The topological polar surface area (TPSA) is 38.9 Å². The molecule has 1 aromatic heterocycles. The molecular formula is C7H9FN2. The highest BCUT2D eigenvalue weighted by Crippen LogP contribution is 2.00. The lowest BCUT2D eigenvalue weighted by Gasteiger charge is -1.95. The van der Waals surface area contributed by atoms with E-state index in [1.54, 1.807) is 12.1 Å². The summed E-state index contributed by atoms with van der Waals surface area (Å²) in [6.45, 7) is -0.0512. The second kappa shape index (κ2) is 3.27. The summed E-state index contributed by atoms with van der Waals surface area (Å²) in [5, 5.41) is 0. The van der Waals surface area contributed by atoms with Gasteiger partial charge in [0, 0.05) is 18.3 Å². The van der Waals surface area contributed by atoms with Crippen LogP contribution in [0.15, 0.2) is 18.3 Å². The molecule has 2 N–H and O–H groups in total. The number of hydrogen-bond acceptors (Lipinski definition) is 2. The van der Waals surface area contributed by atoms with Gasteiger partial charge in [-0.25, -0.2) is 4.39 Å². The monoisotopic (exact) mass is 140 g/mol. The van der Waals surface area contributed by atoms with Crippen molar-refractivity contribution < 1.29 is 4.39 Å². The Hall–Kier alpha value is -0.960. The fourth-order valence-corrected chi connectivity index (χ4v) is 0.655. The molecule has 0 unspecified atom stereocenters. The molecule has 0 aliphatic carbocycles. The van der Waals surface area contributed by atoms with Gasteiger partial charge in [-0.1, -0.05) is 6.07 Å². The predicted octanol–water partition coefficient (Wildman–Crippen LogP) is 1.01. The van der Waals surface area contributed by atoms with Gasteiger partial charge in [-0.05, 0) is 6.07 Å². The van der Waals surface area contributed by atoms with E-state index in [0.29, 0.717) is 12.1 Å². The SMILES string of the molecule is NCc1ccc(CF)cn1. The number of aromatic nitrogens is 1. The Balaban J connectivity index is 2.80. The third kappa shape index (κ3) is 1.51. The van der Waals surface area contributed by atoms with Crippen LogP contribution in [0.5, 0.6) is 0 Å². The molecule has 10 heavy (non-hydrogen) atoms. The molecule has 1 heterocycles. The molecule has 0 amide bonds. The number of nitrogens with two attached hydrogens (primary N) is 1. The summed E-state index contributed by atoms with van der Waals surface area (Å²) >= 11 is 0. The number of pyridine rings is 1. The first-order chi connectivity index (χ1) is 4.86. The van der Waals surface area contributed by atoms with E-state index < -0.39 is 6.67 Å². The largest absolute Gasteiger partial charge is 0.325 e. The number of hydrogen-bond donors (Lipinski definition) is 1. The number of rotatable bonds is 2. The minimum atomic E-state index is -0.460. The smallest absolute Gasteiger partial charge is 0.116 e. The van der Waals surface area contributed by atoms with E-state index in [-0.39, 0.29) is 0 Å².